The van der Waals surface area contributed by atoms with E-state index in [1.165, 1.54) is 12.0 Å². The van der Waals surface area contributed by atoms with Gasteiger partial charge in [0.25, 0.3) is 5.91 Å². The van der Waals surface area contributed by atoms with E-state index in [4.69, 9.17) is 4.74 Å². The maximum Gasteiger partial charge on any atom is 0.261 e. The molecule has 1 atom stereocenters. The second-order valence-electron chi connectivity index (χ2n) is 8.56. The van der Waals surface area contributed by atoms with E-state index in [1.54, 1.807) is 4.90 Å². The Morgan fingerprint density at radius 2 is 1.66 bits per heavy atom. The number of aryl methyl sites for hydroxylation is 1. The lowest BCUT2D eigenvalue weighted by Gasteiger charge is -2.32. The predicted molar refractivity (Wildman–Crippen MR) is 127 cm³/mol. The lowest BCUT2D eigenvalue weighted by Crippen LogP contribution is -2.52. The van der Waals surface area contributed by atoms with Crippen LogP contribution in [0.3, 0.4) is 0 Å². The number of hydrogen-bond donors (Lipinski definition) is 1. The average Bonchev–Trinajstić information content (AvgIpc) is 2.84. The van der Waals surface area contributed by atoms with Gasteiger partial charge < -0.3 is 15.0 Å². The van der Waals surface area contributed by atoms with Gasteiger partial charge in [-0.2, -0.15) is 0 Å². The van der Waals surface area contributed by atoms with E-state index in [1.807, 2.05) is 61.5 Å². The van der Waals surface area contributed by atoms with E-state index < -0.39 is 6.04 Å². The Labute approximate surface area is 192 Å². The third-order valence-electron chi connectivity index (χ3n) is 6.23. The highest BCUT2D eigenvalue weighted by atomic mass is 16.5. The van der Waals surface area contributed by atoms with E-state index in [-0.39, 0.29) is 24.5 Å². The summed E-state index contributed by atoms with van der Waals surface area (Å²) in [6.45, 7) is 4.35. The Balaban J connectivity index is 1.71. The molecular formula is C27H36N2O3. The first-order valence-electron chi connectivity index (χ1n) is 12.0. The fraction of sp³-hybridized carbons (Fsp3) is 0.481. The van der Waals surface area contributed by atoms with E-state index in [0.717, 1.165) is 37.7 Å². The van der Waals surface area contributed by atoms with Crippen LogP contribution in [-0.2, 0) is 22.6 Å². The van der Waals surface area contributed by atoms with Gasteiger partial charge >= 0.3 is 0 Å². The zero-order valence-corrected chi connectivity index (χ0v) is 19.4. The number of ether oxygens (including phenoxy) is 1. The highest BCUT2D eigenvalue weighted by Crippen LogP contribution is 2.19. The standard InChI is InChI=1S/C27H36N2O3/c1-3-21-15-17-24(18-16-21)32-20-26(30)29(19-22-11-7-5-8-12-22)25(4-2)27(31)28-23-13-9-6-10-14-23/h5,7-8,11-12,15-18,23,25H,3-4,6,9-10,13-14,19-20H2,1-2H3,(H,28,31)/t25-/m1/s1. The lowest BCUT2D eigenvalue weighted by molar-refractivity contribution is -0.143. The van der Waals surface area contributed by atoms with Crippen LogP contribution in [0.1, 0.15) is 63.5 Å². The molecule has 2 aromatic rings. The van der Waals surface area contributed by atoms with Crippen molar-refractivity contribution < 1.29 is 14.3 Å². The summed E-state index contributed by atoms with van der Waals surface area (Å²) < 4.78 is 5.79. The van der Waals surface area contributed by atoms with Gasteiger partial charge in [-0.05, 0) is 48.9 Å². The van der Waals surface area contributed by atoms with Crippen molar-refractivity contribution in [3.05, 3.63) is 65.7 Å². The lowest BCUT2D eigenvalue weighted by atomic mass is 9.95. The number of hydrogen-bond acceptors (Lipinski definition) is 3. The third-order valence-corrected chi connectivity index (χ3v) is 6.23. The molecule has 3 rings (SSSR count). The molecule has 1 saturated carbocycles. The van der Waals surface area contributed by atoms with Gasteiger partial charge in [-0.25, -0.2) is 0 Å². The molecule has 0 spiro atoms. The third kappa shape index (κ3) is 6.84. The Bertz CT molecular complexity index is 845. The van der Waals surface area contributed by atoms with Crippen molar-refractivity contribution in [2.45, 2.75) is 77.4 Å². The van der Waals surface area contributed by atoms with Crippen molar-refractivity contribution in [2.75, 3.05) is 6.61 Å². The summed E-state index contributed by atoms with van der Waals surface area (Å²) in [7, 11) is 0. The van der Waals surface area contributed by atoms with Gasteiger partial charge in [-0.3, -0.25) is 9.59 Å². The summed E-state index contributed by atoms with van der Waals surface area (Å²) in [4.78, 5) is 28.1. The van der Waals surface area contributed by atoms with E-state index in [0.29, 0.717) is 18.7 Å². The Hall–Kier alpha value is -2.82. The summed E-state index contributed by atoms with van der Waals surface area (Å²) in [6, 6.07) is 17.3. The molecule has 0 radical (unpaired) electrons. The largest absolute Gasteiger partial charge is 0.484 e. The van der Waals surface area contributed by atoms with Crippen LogP contribution in [0.25, 0.3) is 0 Å². The first-order valence-corrected chi connectivity index (χ1v) is 12.0. The summed E-state index contributed by atoms with van der Waals surface area (Å²) in [5.74, 6) is 0.421. The van der Waals surface area contributed by atoms with Crippen molar-refractivity contribution in [1.82, 2.24) is 10.2 Å². The van der Waals surface area contributed by atoms with Crippen LogP contribution < -0.4 is 10.1 Å². The van der Waals surface area contributed by atoms with Gasteiger partial charge in [-0.15, -0.1) is 0 Å². The average molecular weight is 437 g/mol. The number of carbonyl (C=O) groups excluding carboxylic acids is 2. The molecule has 0 bridgehead atoms. The minimum Gasteiger partial charge on any atom is -0.484 e. The van der Waals surface area contributed by atoms with Crippen LogP contribution >= 0.6 is 0 Å². The molecule has 2 amide bonds. The van der Waals surface area contributed by atoms with E-state index in [2.05, 4.69) is 12.2 Å². The molecule has 1 fully saturated rings. The Morgan fingerprint density at radius 1 is 0.969 bits per heavy atom. The van der Waals surface area contributed by atoms with Gasteiger partial charge in [0.15, 0.2) is 6.61 Å². The zero-order chi connectivity index (χ0) is 22.8. The van der Waals surface area contributed by atoms with E-state index in [9.17, 15) is 9.59 Å². The van der Waals surface area contributed by atoms with Crippen LogP contribution in [0.2, 0.25) is 0 Å². The first-order chi connectivity index (χ1) is 15.6. The maximum absolute atomic E-state index is 13.3. The molecule has 0 saturated heterocycles. The van der Waals surface area contributed by atoms with Crippen molar-refractivity contribution in [1.29, 1.82) is 0 Å². The number of benzene rings is 2. The molecule has 172 valence electrons. The summed E-state index contributed by atoms with van der Waals surface area (Å²) >= 11 is 0. The molecule has 1 aliphatic rings. The second-order valence-corrected chi connectivity index (χ2v) is 8.56. The molecule has 1 N–H and O–H groups in total. The van der Waals surface area contributed by atoms with Crippen LogP contribution in [0.5, 0.6) is 5.75 Å². The maximum atomic E-state index is 13.3. The number of carbonyl (C=O) groups is 2. The van der Waals surface area contributed by atoms with Gasteiger partial charge in [0.05, 0.1) is 0 Å². The van der Waals surface area contributed by atoms with Crippen molar-refractivity contribution in [3.63, 3.8) is 0 Å². The molecule has 1 aliphatic carbocycles. The fourth-order valence-corrected chi connectivity index (χ4v) is 4.29. The highest BCUT2D eigenvalue weighted by molar-refractivity contribution is 5.88. The molecule has 0 aromatic heterocycles. The Morgan fingerprint density at radius 3 is 2.28 bits per heavy atom. The first kappa shape index (κ1) is 23.8. The number of nitrogens with zero attached hydrogens (tertiary/aromatic N) is 1. The van der Waals surface area contributed by atoms with Crippen LogP contribution in [0, 0.1) is 0 Å². The summed E-state index contributed by atoms with van der Waals surface area (Å²) in [6.07, 6.45) is 7.09. The van der Waals surface area contributed by atoms with Crippen LogP contribution in [0.15, 0.2) is 54.6 Å². The van der Waals surface area contributed by atoms with E-state index >= 15 is 0 Å². The fourth-order valence-electron chi connectivity index (χ4n) is 4.29. The number of rotatable bonds is 10. The Kier molecular flexibility index (Phi) is 9.14. The quantitative estimate of drug-likeness (QED) is 0.577. The molecular weight excluding hydrogens is 400 g/mol. The smallest absolute Gasteiger partial charge is 0.261 e. The second kappa shape index (κ2) is 12.3. The van der Waals surface area contributed by atoms with Crippen molar-refractivity contribution in [2.24, 2.45) is 0 Å². The monoisotopic (exact) mass is 436 g/mol. The van der Waals surface area contributed by atoms with Crippen molar-refractivity contribution in [3.8, 4) is 5.75 Å². The number of amides is 2. The van der Waals surface area contributed by atoms with Crippen LogP contribution in [-0.4, -0.2) is 35.4 Å². The molecule has 5 heteroatoms. The molecule has 2 aromatic carbocycles. The molecule has 0 heterocycles. The van der Waals surface area contributed by atoms with Crippen molar-refractivity contribution >= 4 is 11.8 Å². The highest BCUT2D eigenvalue weighted by Gasteiger charge is 2.30. The van der Waals surface area contributed by atoms with Gasteiger partial charge in [-0.1, -0.05) is 75.6 Å². The minimum absolute atomic E-state index is 0.0593. The van der Waals surface area contributed by atoms with Gasteiger partial charge in [0.2, 0.25) is 5.91 Å². The number of nitrogens with one attached hydrogen (secondary N) is 1. The predicted octanol–water partition coefficient (Wildman–Crippen LogP) is 4.88. The normalized spacial score (nSPS) is 15.1. The molecule has 32 heavy (non-hydrogen) atoms. The SMILES string of the molecule is CCc1ccc(OCC(=O)N(Cc2ccccc2)[C@H](CC)C(=O)NC2CCCCC2)cc1. The van der Waals surface area contributed by atoms with Gasteiger partial charge in [0.1, 0.15) is 11.8 Å². The van der Waals surface area contributed by atoms with Crippen LogP contribution in [0.4, 0.5) is 0 Å². The zero-order valence-electron chi connectivity index (χ0n) is 19.4. The summed E-state index contributed by atoms with van der Waals surface area (Å²) in [5, 5.41) is 3.20. The topological polar surface area (TPSA) is 58.6 Å². The molecule has 5 nitrogen and oxygen atoms in total. The van der Waals surface area contributed by atoms with Gasteiger partial charge in [0, 0.05) is 12.6 Å². The molecule has 0 unspecified atom stereocenters. The molecule has 0 aliphatic heterocycles. The minimum atomic E-state index is -0.518. The summed E-state index contributed by atoms with van der Waals surface area (Å²) in [5.41, 5.74) is 2.22.